The molecule has 4 nitrogen and oxygen atoms in total. The van der Waals surface area contributed by atoms with E-state index in [1.165, 1.54) is 0 Å². The molecule has 0 spiro atoms. The van der Waals surface area contributed by atoms with Crippen molar-refractivity contribution in [2.24, 2.45) is 11.8 Å². The van der Waals surface area contributed by atoms with Crippen molar-refractivity contribution in [1.29, 1.82) is 0 Å². The van der Waals surface area contributed by atoms with Gasteiger partial charge in [0, 0.05) is 32.0 Å². The Morgan fingerprint density at radius 2 is 1.15 bits per heavy atom. The minimum absolute atomic E-state index is 0.410. The maximum Gasteiger partial charge on any atom is 0.316 e. The minimum Gasteiger partial charge on any atom is -0.426 e. The third kappa shape index (κ3) is 1.63. The first kappa shape index (κ1) is 16.2. The fourth-order valence-electron chi connectivity index (χ4n) is 5.19. The molecular formula is C20H14Cl2O4. The van der Waals surface area contributed by atoms with Crippen LogP contribution in [0, 0.1) is 11.8 Å². The molecule has 0 unspecified atom stereocenters. The summed E-state index contributed by atoms with van der Waals surface area (Å²) in [6.07, 6.45) is 0. The number of rotatable bonds is 0. The smallest absolute Gasteiger partial charge is 0.316 e. The fraction of sp³-hybridized carbons (Fsp3) is 0.300. The van der Waals surface area contributed by atoms with Crippen molar-refractivity contribution < 1.29 is 19.1 Å². The third-order valence-corrected chi connectivity index (χ3v) is 7.06. The van der Waals surface area contributed by atoms with Crippen LogP contribution in [0.1, 0.15) is 25.0 Å². The first-order chi connectivity index (χ1) is 12.3. The van der Waals surface area contributed by atoms with E-state index in [2.05, 4.69) is 0 Å². The molecule has 2 aromatic carbocycles. The van der Waals surface area contributed by atoms with Crippen LogP contribution in [0.5, 0.6) is 11.5 Å². The lowest BCUT2D eigenvalue weighted by Crippen LogP contribution is -2.75. The van der Waals surface area contributed by atoms with Crippen molar-refractivity contribution in [1.82, 2.24) is 0 Å². The lowest BCUT2D eigenvalue weighted by molar-refractivity contribution is -0.186. The van der Waals surface area contributed by atoms with Crippen molar-refractivity contribution in [3.63, 3.8) is 0 Å². The van der Waals surface area contributed by atoms with E-state index in [-0.39, 0.29) is 0 Å². The number of fused-ring (bicyclic) bond motifs is 8. The Morgan fingerprint density at radius 1 is 0.769 bits per heavy atom. The van der Waals surface area contributed by atoms with E-state index >= 15 is 0 Å². The Kier molecular flexibility index (Phi) is 2.99. The summed E-state index contributed by atoms with van der Waals surface area (Å²) >= 11 is 12.5. The molecule has 1 aliphatic carbocycles. The molecule has 4 atom stereocenters. The lowest BCUT2D eigenvalue weighted by atomic mass is 9.34. The number of esters is 2. The quantitative estimate of drug-likeness (QED) is 0.498. The van der Waals surface area contributed by atoms with Crippen molar-refractivity contribution in [3.05, 3.63) is 57.6 Å². The molecule has 132 valence electrons. The van der Waals surface area contributed by atoms with Gasteiger partial charge in [-0.3, -0.25) is 9.59 Å². The summed E-state index contributed by atoms with van der Waals surface area (Å²) in [7, 11) is 0. The second-order valence-corrected chi connectivity index (χ2v) is 8.36. The van der Waals surface area contributed by atoms with Gasteiger partial charge in [-0.05, 0) is 36.4 Å². The maximum absolute atomic E-state index is 12.7. The number of hydrogen-bond donors (Lipinski definition) is 0. The molecule has 0 N–H and O–H groups in total. The average molecular weight is 389 g/mol. The summed E-state index contributed by atoms with van der Waals surface area (Å²) in [6, 6.07) is 10.4. The zero-order chi connectivity index (χ0) is 18.4. The number of hydrogen-bond acceptors (Lipinski definition) is 4. The highest BCUT2D eigenvalue weighted by atomic mass is 35.5. The van der Waals surface area contributed by atoms with Gasteiger partial charge in [0.15, 0.2) is 0 Å². The Hall–Kier alpha value is -2.04. The highest BCUT2D eigenvalue weighted by Gasteiger charge is 2.77. The van der Waals surface area contributed by atoms with Gasteiger partial charge in [-0.1, -0.05) is 37.0 Å². The molecule has 1 saturated carbocycles. The molecule has 5 rings (SSSR count). The van der Waals surface area contributed by atoms with E-state index in [1.54, 1.807) is 24.3 Å². The van der Waals surface area contributed by atoms with Gasteiger partial charge in [0.05, 0.1) is 11.8 Å². The van der Waals surface area contributed by atoms with Gasteiger partial charge in [0.2, 0.25) is 0 Å². The van der Waals surface area contributed by atoms with Crippen LogP contribution >= 0.6 is 23.2 Å². The first-order valence-electron chi connectivity index (χ1n) is 8.32. The molecule has 3 aliphatic rings. The van der Waals surface area contributed by atoms with Crippen LogP contribution in [0.3, 0.4) is 0 Å². The number of benzene rings is 2. The Balaban J connectivity index is 1.83. The number of halogens is 2. The Labute approximate surface area is 160 Å². The zero-order valence-corrected chi connectivity index (χ0v) is 15.5. The average Bonchev–Trinajstić information content (AvgIpc) is 2.59. The number of carbonyl (C=O) groups is 2. The van der Waals surface area contributed by atoms with E-state index in [1.807, 2.05) is 26.0 Å². The Morgan fingerprint density at radius 3 is 1.54 bits per heavy atom. The second-order valence-electron chi connectivity index (χ2n) is 7.48. The van der Waals surface area contributed by atoms with Crippen LogP contribution in [-0.4, -0.2) is 11.9 Å². The molecule has 1 fully saturated rings. The molecule has 6 heteroatoms. The van der Waals surface area contributed by atoms with Crippen LogP contribution in [0.25, 0.3) is 0 Å². The molecular weight excluding hydrogens is 375 g/mol. The maximum atomic E-state index is 12.7. The standard InChI is InChI=1S/C20H14Cl2O4/c1-19-11-7-9(21)3-5-13(11)25-17(23)15(19)16-18(24)26-14-6-4-10(22)8-12(14)20(16,19)2/h3-8,15-16H,1-2H3/t15-,16+,19+,20-. The van der Waals surface area contributed by atoms with Gasteiger partial charge in [0.25, 0.3) is 0 Å². The summed E-state index contributed by atoms with van der Waals surface area (Å²) in [5, 5.41) is 1.11. The molecule has 0 amide bonds. The molecule has 0 radical (unpaired) electrons. The van der Waals surface area contributed by atoms with Crippen LogP contribution in [0.15, 0.2) is 36.4 Å². The molecule has 0 saturated heterocycles. The van der Waals surface area contributed by atoms with Crippen molar-refractivity contribution in [2.45, 2.75) is 24.7 Å². The van der Waals surface area contributed by atoms with Crippen molar-refractivity contribution in [3.8, 4) is 11.5 Å². The van der Waals surface area contributed by atoms with Crippen LogP contribution < -0.4 is 9.47 Å². The SMILES string of the molecule is C[C@]12c3cc(Cl)ccc3OC(=O)[C@H]1[C@H]1C(=O)Oc3ccc(Cl)cc3[C@]12C. The highest BCUT2D eigenvalue weighted by Crippen LogP contribution is 2.71. The summed E-state index contributed by atoms with van der Waals surface area (Å²) in [6.45, 7) is 3.99. The molecule has 2 aromatic rings. The van der Waals surface area contributed by atoms with Crippen LogP contribution in [-0.2, 0) is 20.4 Å². The van der Waals surface area contributed by atoms with E-state index in [0.717, 1.165) is 11.1 Å². The zero-order valence-electron chi connectivity index (χ0n) is 14.0. The first-order valence-corrected chi connectivity index (χ1v) is 9.07. The molecule has 0 aromatic heterocycles. The summed E-state index contributed by atoms with van der Waals surface area (Å²) in [5.74, 6) is -1.10. The highest BCUT2D eigenvalue weighted by molar-refractivity contribution is 6.31. The van der Waals surface area contributed by atoms with Gasteiger partial charge in [0.1, 0.15) is 11.5 Å². The summed E-state index contributed by atoms with van der Waals surface area (Å²) < 4.78 is 11.0. The molecule has 2 heterocycles. The normalized spacial score (nSPS) is 33.7. The van der Waals surface area contributed by atoms with Gasteiger partial charge in [-0.15, -0.1) is 0 Å². The van der Waals surface area contributed by atoms with Gasteiger partial charge in [-0.2, -0.15) is 0 Å². The largest absolute Gasteiger partial charge is 0.426 e. The second kappa shape index (κ2) is 4.81. The topological polar surface area (TPSA) is 52.6 Å². The number of ether oxygens (including phenoxy) is 2. The Bertz CT molecular complexity index is 935. The predicted octanol–water partition coefficient (Wildman–Crippen LogP) is 4.29. The van der Waals surface area contributed by atoms with Crippen molar-refractivity contribution >= 4 is 35.1 Å². The minimum atomic E-state index is -0.661. The van der Waals surface area contributed by atoms with E-state index in [0.29, 0.717) is 21.5 Å². The van der Waals surface area contributed by atoms with Crippen LogP contribution in [0.2, 0.25) is 10.0 Å². The lowest BCUT2D eigenvalue weighted by Gasteiger charge is -2.67. The van der Waals surface area contributed by atoms with Gasteiger partial charge < -0.3 is 9.47 Å². The molecule has 0 bridgehead atoms. The number of carbonyl (C=O) groups excluding carboxylic acids is 2. The monoisotopic (exact) mass is 388 g/mol. The fourth-order valence-corrected chi connectivity index (χ4v) is 5.54. The predicted molar refractivity (Wildman–Crippen MR) is 95.9 cm³/mol. The molecule has 2 aliphatic heterocycles. The van der Waals surface area contributed by atoms with E-state index < -0.39 is 34.6 Å². The van der Waals surface area contributed by atoms with Gasteiger partial charge >= 0.3 is 11.9 Å². The van der Waals surface area contributed by atoms with Gasteiger partial charge in [-0.25, -0.2) is 0 Å². The molecule has 26 heavy (non-hydrogen) atoms. The van der Waals surface area contributed by atoms with Crippen molar-refractivity contribution in [2.75, 3.05) is 0 Å². The van der Waals surface area contributed by atoms with Crippen LogP contribution in [0.4, 0.5) is 0 Å². The third-order valence-electron chi connectivity index (χ3n) is 6.59. The summed E-state index contributed by atoms with van der Waals surface area (Å²) in [5.41, 5.74) is 0.334. The summed E-state index contributed by atoms with van der Waals surface area (Å²) in [4.78, 5) is 25.5. The van der Waals surface area contributed by atoms with E-state index in [9.17, 15) is 9.59 Å². The van der Waals surface area contributed by atoms with E-state index in [4.69, 9.17) is 32.7 Å².